The van der Waals surface area contributed by atoms with Gasteiger partial charge in [0.1, 0.15) is 12.7 Å². The van der Waals surface area contributed by atoms with Gasteiger partial charge in [0.15, 0.2) is 0 Å². The number of nitro groups is 1. The van der Waals surface area contributed by atoms with E-state index in [1.54, 1.807) is 0 Å². The summed E-state index contributed by atoms with van der Waals surface area (Å²) in [5, 5.41) is 10.8. The van der Waals surface area contributed by atoms with Crippen LogP contribution >= 0.6 is 0 Å². The fourth-order valence-corrected chi connectivity index (χ4v) is 2.80. The maximum absolute atomic E-state index is 12.2. The molecule has 152 valence electrons. The Kier molecular flexibility index (Phi) is 6.86. The highest BCUT2D eigenvalue weighted by atomic mass is 16.6. The van der Waals surface area contributed by atoms with E-state index in [9.17, 15) is 19.7 Å². The van der Waals surface area contributed by atoms with Crippen LogP contribution in [0.15, 0.2) is 84.9 Å². The average molecular weight is 405 g/mol. The number of non-ortho nitro benzene ring substituents is 1. The van der Waals surface area contributed by atoms with Crippen LogP contribution in [0.5, 0.6) is 0 Å². The van der Waals surface area contributed by atoms with E-state index in [1.165, 1.54) is 18.2 Å². The SMILES string of the molecule is O=C(COC(c1ccccc1)c1ccccc1)NNC(=O)c1cccc([N+](=O)[O-])c1. The minimum atomic E-state index is -0.672. The van der Waals surface area contributed by atoms with Crippen LogP contribution in [0.3, 0.4) is 0 Å². The van der Waals surface area contributed by atoms with Crippen molar-refractivity contribution in [2.24, 2.45) is 0 Å². The molecule has 30 heavy (non-hydrogen) atoms. The molecule has 0 aliphatic carbocycles. The van der Waals surface area contributed by atoms with Crippen LogP contribution in [0.25, 0.3) is 0 Å². The number of benzene rings is 3. The van der Waals surface area contributed by atoms with E-state index >= 15 is 0 Å². The summed E-state index contributed by atoms with van der Waals surface area (Å²) in [5.41, 5.74) is 6.09. The van der Waals surface area contributed by atoms with Gasteiger partial charge in [0.25, 0.3) is 17.5 Å². The first-order valence-electron chi connectivity index (χ1n) is 9.10. The molecule has 0 bridgehead atoms. The first-order chi connectivity index (χ1) is 14.5. The topological polar surface area (TPSA) is 111 Å². The lowest BCUT2D eigenvalue weighted by atomic mass is 10.0. The van der Waals surface area contributed by atoms with Gasteiger partial charge in [-0.1, -0.05) is 66.7 Å². The molecule has 0 aliphatic rings. The number of nitrogens with zero attached hydrogens (tertiary/aromatic N) is 1. The molecule has 8 heteroatoms. The fraction of sp³-hybridized carbons (Fsp3) is 0.0909. The molecule has 3 rings (SSSR count). The Morgan fingerprint density at radius 1 is 0.867 bits per heavy atom. The summed E-state index contributed by atoms with van der Waals surface area (Å²) < 4.78 is 5.81. The largest absolute Gasteiger partial charge is 0.359 e. The molecule has 8 nitrogen and oxygen atoms in total. The van der Waals surface area contributed by atoms with E-state index in [2.05, 4.69) is 10.9 Å². The smallest absolute Gasteiger partial charge is 0.270 e. The monoisotopic (exact) mass is 405 g/mol. The summed E-state index contributed by atoms with van der Waals surface area (Å²) in [6, 6.07) is 24.1. The van der Waals surface area contributed by atoms with Crippen molar-refractivity contribution in [1.82, 2.24) is 10.9 Å². The second kappa shape index (κ2) is 9.94. The summed E-state index contributed by atoms with van der Waals surface area (Å²) >= 11 is 0. The molecule has 0 aromatic heterocycles. The lowest BCUT2D eigenvalue weighted by Gasteiger charge is -2.19. The molecule has 0 fully saturated rings. The van der Waals surface area contributed by atoms with E-state index in [4.69, 9.17) is 4.74 Å². The Hall–Kier alpha value is -4.04. The van der Waals surface area contributed by atoms with Gasteiger partial charge in [-0.3, -0.25) is 30.6 Å². The van der Waals surface area contributed by atoms with Gasteiger partial charge in [-0.05, 0) is 17.2 Å². The molecule has 2 amide bonds. The summed E-state index contributed by atoms with van der Waals surface area (Å²) in [7, 11) is 0. The third-order valence-corrected chi connectivity index (χ3v) is 4.22. The first kappa shape index (κ1) is 20.7. The number of ether oxygens (including phenoxy) is 1. The number of amides is 2. The van der Waals surface area contributed by atoms with E-state index in [0.717, 1.165) is 17.2 Å². The molecule has 3 aromatic rings. The zero-order valence-corrected chi connectivity index (χ0v) is 15.9. The number of rotatable bonds is 7. The second-order valence-electron chi connectivity index (χ2n) is 6.32. The quantitative estimate of drug-likeness (QED) is 0.463. The Morgan fingerprint density at radius 2 is 1.47 bits per heavy atom. The molecule has 0 saturated heterocycles. The van der Waals surface area contributed by atoms with Crippen LogP contribution in [0.4, 0.5) is 5.69 Å². The first-order valence-corrected chi connectivity index (χ1v) is 9.10. The Balaban J connectivity index is 1.59. The molecule has 0 atom stereocenters. The van der Waals surface area contributed by atoms with Crippen molar-refractivity contribution in [3.8, 4) is 0 Å². The molecular formula is C22H19N3O5. The van der Waals surface area contributed by atoms with Gasteiger partial charge >= 0.3 is 0 Å². The third-order valence-electron chi connectivity index (χ3n) is 4.22. The van der Waals surface area contributed by atoms with Crippen molar-refractivity contribution in [2.45, 2.75) is 6.10 Å². The van der Waals surface area contributed by atoms with E-state index in [1.807, 2.05) is 60.7 Å². The normalized spacial score (nSPS) is 10.4. The number of hydrogen-bond acceptors (Lipinski definition) is 5. The Morgan fingerprint density at radius 3 is 2.03 bits per heavy atom. The molecule has 0 heterocycles. The van der Waals surface area contributed by atoms with Crippen LogP contribution in [-0.2, 0) is 9.53 Å². The van der Waals surface area contributed by atoms with Crippen LogP contribution < -0.4 is 10.9 Å². The van der Waals surface area contributed by atoms with Gasteiger partial charge in [-0.2, -0.15) is 0 Å². The summed E-state index contributed by atoms with van der Waals surface area (Å²) in [5.74, 6) is -1.24. The lowest BCUT2D eigenvalue weighted by Crippen LogP contribution is -2.43. The highest BCUT2D eigenvalue weighted by molar-refractivity contribution is 5.96. The van der Waals surface area contributed by atoms with E-state index < -0.39 is 22.8 Å². The predicted octanol–water partition coefficient (Wildman–Crippen LogP) is 3.16. The summed E-state index contributed by atoms with van der Waals surface area (Å²) in [6.07, 6.45) is -0.453. The summed E-state index contributed by atoms with van der Waals surface area (Å²) in [4.78, 5) is 34.5. The maximum atomic E-state index is 12.2. The van der Waals surface area contributed by atoms with Gasteiger partial charge in [-0.25, -0.2) is 0 Å². The van der Waals surface area contributed by atoms with Crippen LogP contribution in [0, 0.1) is 10.1 Å². The Labute approximate surface area is 172 Å². The number of carbonyl (C=O) groups excluding carboxylic acids is 2. The summed E-state index contributed by atoms with van der Waals surface area (Å²) in [6.45, 7) is -0.302. The number of nitro benzene ring substituents is 1. The zero-order chi connectivity index (χ0) is 21.3. The van der Waals surface area contributed by atoms with Gasteiger partial charge in [-0.15, -0.1) is 0 Å². The van der Waals surface area contributed by atoms with Crippen molar-refractivity contribution in [2.75, 3.05) is 6.61 Å². The van der Waals surface area contributed by atoms with E-state index in [-0.39, 0.29) is 17.9 Å². The third kappa shape index (κ3) is 5.49. The van der Waals surface area contributed by atoms with Crippen molar-refractivity contribution >= 4 is 17.5 Å². The number of carbonyl (C=O) groups is 2. The van der Waals surface area contributed by atoms with Crippen LogP contribution in [-0.4, -0.2) is 23.3 Å². The predicted molar refractivity (Wildman–Crippen MR) is 109 cm³/mol. The maximum Gasteiger partial charge on any atom is 0.270 e. The van der Waals surface area contributed by atoms with Crippen molar-refractivity contribution in [3.63, 3.8) is 0 Å². The van der Waals surface area contributed by atoms with Gasteiger partial charge in [0.05, 0.1) is 4.92 Å². The molecule has 0 radical (unpaired) electrons. The van der Waals surface area contributed by atoms with Gasteiger partial charge in [0.2, 0.25) is 0 Å². The molecule has 0 unspecified atom stereocenters. The molecule has 3 aromatic carbocycles. The average Bonchev–Trinajstić information content (AvgIpc) is 2.79. The lowest BCUT2D eigenvalue weighted by molar-refractivity contribution is -0.384. The molecule has 0 aliphatic heterocycles. The van der Waals surface area contributed by atoms with Gasteiger partial charge in [0, 0.05) is 17.7 Å². The van der Waals surface area contributed by atoms with Gasteiger partial charge < -0.3 is 4.74 Å². The molecular weight excluding hydrogens is 386 g/mol. The number of hydrogen-bond donors (Lipinski definition) is 2. The van der Waals surface area contributed by atoms with Crippen LogP contribution in [0.1, 0.15) is 27.6 Å². The van der Waals surface area contributed by atoms with Crippen LogP contribution in [0.2, 0.25) is 0 Å². The van der Waals surface area contributed by atoms with Crippen molar-refractivity contribution in [3.05, 3.63) is 112 Å². The Bertz CT molecular complexity index is 986. The standard InChI is InChI=1S/C22H19N3O5/c26-20(23-24-22(27)18-12-7-13-19(14-18)25(28)29)15-30-21(16-8-3-1-4-9-16)17-10-5-2-6-11-17/h1-14,21H,15H2,(H,23,26)(H,24,27). The fourth-order valence-electron chi connectivity index (χ4n) is 2.80. The second-order valence-corrected chi connectivity index (χ2v) is 6.32. The highest BCUT2D eigenvalue weighted by Gasteiger charge is 2.17. The zero-order valence-electron chi connectivity index (χ0n) is 15.9. The molecule has 0 saturated carbocycles. The molecule has 2 N–H and O–H groups in total. The number of hydrazine groups is 1. The highest BCUT2D eigenvalue weighted by Crippen LogP contribution is 2.25. The minimum absolute atomic E-state index is 0.0527. The van der Waals surface area contributed by atoms with E-state index in [0.29, 0.717) is 0 Å². The molecule has 0 spiro atoms. The van der Waals surface area contributed by atoms with Crippen molar-refractivity contribution < 1.29 is 19.2 Å². The minimum Gasteiger partial charge on any atom is -0.359 e. The van der Waals surface area contributed by atoms with Crippen molar-refractivity contribution in [1.29, 1.82) is 0 Å². The number of nitrogens with one attached hydrogen (secondary N) is 2.